The Bertz CT molecular complexity index is 389. The van der Waals surface area contributed by atoms with Gasteiger partial charge in [0.25, 0.3) is 0 Å². The molecule has 0 spiro atoms. The summed E-state index contributed by atoms with van der Waals surface area (Å²) in [5, 5.41) is 0. The molecule has 2 rings (SSSR count). The van der Waals surface area contributed by atoms with E-state index in [9.17, 15) is 4.79 Å². The van der Waals surface area contributed by atoms with E-state index < -0.39 is 5.97 Å². The van der Waals surface area contributed by atoms with Gasteiger partial charge in [0, 0.05) is 6.20 Å². The van der Waals surface area contributed by atoms with Gasteiger partial charge in [-0.1, -0.05) is 6.07 Å². The van der Waals surface area contributed by atoms with Crippen LogP contribution in [-0.4, -0.2) is 31.3 Å². The number of pyridine rings is 1. The highest BCUT2D eigenvalue weighted by Gasteiger charge is 2.09. The van der Waals surface area contributed by atoms with Gasteiger partial charge in [0.15, 0.2) is 0 Å². The zero-order valence-electron chi connectivity index (χ0n) is 8.40. The van der Waals surface area contributed by atoms with Gasteiger partial charge in [-0.2, -0.15) is 0 Å². The monoisotopic (exact) mass is 205 g/mol. The summed E-state index contributed by atoms with van der Waals surface area (Å²) in [5.41, 5.74) is 2.54. The first-order valence-electron chi connectivity index (χ1n) is 4.61. The molecule has 2 heterocycles. The van der Waals surface area contributed by atoms with Crippen molar-refractivity contribution in [2.24, 2.45) is 0 Å². The standard InChI is InChI=1S/C11H11NO3/c1-14-11(13)10-3-2-8(5-12-10)4-9-6-15-7-9/h2-5H,6-7H2,1H3. The zero-order chi connectivity index (χ0) is 10.7. The van der Waals surface area contributed by atoms with Crippen LogP contribution < -0.4 is 0 Å². The Hall–Kier alpha value is -1.68. The molecule has 1 aromatic heterocycles. The summed E-state index contributed by atoms with van der Waals surface area (Å²) in [5.74, 6) is -0.416. The minimum absolute atomic E-state index is 0.324. The number of esters is 1. The van der Waals surface area contributed by atoms with E-state index in [0.717, 1.165) is 5.56 Å². The molecule has 0 bridgehead atoms. The van der Waals surface area contributed by atoms with Crippen molar-refractivity contribution < 1.29 is 14.3 Å². The van der Waals surface area contributed by atoms with Crippen LogP contribution in [0.3, 0.4) is 0 Å². The Morgan fingerprint density at radius 2 is 2.33 bits per heavy atom. The predicted octanol–water partition coefficient (Wildman–Crippen LogP) is 1.28. The number of carbonyl (C=O) groups is 1. The van der Waals surface area contributed by atoms with E-state index in [1.54, 1.807) is 12.3 Å². The van der Waals surface area contributed by atoms with E-state index in [1.807, 2.05) is 12.1 Å². The smallest absolute Gasteiger partial charge is 0.356 e. The second-order valence-electron chi connectivity index (χ2n) is 3.26. The van der Waals surface area contributed by atoms with Crippen molar-refractivity contribution in [1.29, 1.82) is 0 Å². The van der Waals surface area contributed by atoms with Gasteiger partial charge in [0.05, 0.1) is 20.3 Å². The van der Waals surface area contributed by atoms with Crippen molar-refractivity contribution in [2.45, 2.75) is 0 Å². The Labute approximate surface area is 87.5 Å². The van der Waals surface area contributed by atoms with Gasteiger partial charge < -0.3 is 9.47 Å². The molecule has 1 fully saturated rings. The summed E-state index contributed by atoms with van der Waals surface area (Å²) < 4.78 is 9.58. The number of carbonyl (C=O) groups excluding carboxylic acids is 1. The molecule has 78 valence electrons. The molecule has 0 aliphatic carbocycles. The van der Waals surface area contributed by atoms with Crippen molar-refractivity contribution in [2.75, 3.05) is 20.3 Å². The largest absolute Gasteiger partial charge is 0.464 e. The van der Waals surface area contributed by atoms with Crippen LogP contribution in [0.2, 0.25) is 0 Å². The lowest BCUT2D eigenvalue weighted by atomic mass is 10.1. The fourth-order valence-electron chi connectivity index (χ4n) is 1.25. The summed E-state index contributed by atoms with van der Waals surface area (Å²) in [6.07, 6.45) is 3.66. The summed E-state index contributed by atoms with van der Waals surface area (Å²) >= 11 is 0. The fraction of sp³-hybridized carbons (Fsp3) is 0.273. The van der Waals surface area contributed by atoms with Crippen LogP contribution >= 0.6 is 0 Å². The highest BCUT2D eigenvalue weighted by molar-refractivity contribution is 5.87. The second-order valence-corrected chi connectivity index (χ2v) is 3.26. The molecule has 1 saturated heterocycles. The molecule has 1 aliphatic heterocycles. The summed E-state index contributed by atoms with van der Waals surface area (Å²) in [7, 11) is 1.34. The van der Waals surface area contributed by atoms with Crippen LogP contribution in [0.25, 0.3) is 6.08 Å². The molecule has 4 nitrogen and oxygen atoms in total. The van der Waals surface area contributed by atoms with Gasteiger partial charge in [0.1, 0.15) is 5.69 Å². The fourth-order valence-corrected chi connectivity index (χ4v) is 1.25. The van der Waals surface area contributed by atoms with Crippen LogP contribution in [0.5, 0.6) is 0 Å². The maximum atomic E-state index is 11.1. The molecule has 0 aromatic carbocycles. The molecule has 0 unspecified atom stereocenters. The van der Waals surface area contributed by atoms with Crippen molar-refractivity contribution in [3.8, 4) is 0 Å². The molecule has 15 heavy (non-hydrogen) atoms. The van der Waals surface area contributed by atoms with Crippen LogP contribution in [0.15, 0.2) is 23.9 Å². The van der Waals surface area contributed by atoms with E-state index in [-0.39, 0.29) is 0 Å². The predicted molar refractivity (Wildman–Crippen MR) is 54.4 cm³/mol. The van der Waals surface area contributed by atoms with E-state index in [0.29, 0.717) is 18.9 Å². The van der Waals surface area contributed by atoms with Gasteiger partial charge in [-0.15, -0.1) is 0 Å². The highest BCUT2D eigenvalue weighted by atomic mass is 16.5. The third-order valence-electron chi connectivity index (χ3n) is 2.13. The summed E-state index contributed by atoms with van der Waals surface area (Å²) in [6.45, 7) is 1.39. The first-order chi connectivity index (χ1) is 7.29. The van der Waals surface area contributed by atoms with Crippen LogP contribution in [0.4, 0.5) is 0 Å². The minimum atomic E-state index is -0.416. The third kappa shape index (κ3) is 2.22. The Kier molecular flexibility index (Phi) is 2.78. The van der Waals surface area contributed by atoms with Gasteiger partial charge in [-0.3, -0.25) is 0 Å². The lowest BCUT2D eigenvalue weighted by Gasteiger charge is -2.17. The van der Waals surface area contributed by atoms with Crippen molar-refractivity contribution in [3.05, 3.63) is 35.2 Å². The molecule has 4 heteroatoms. The van der Waals surface area contributed by atoms with Crippen molar-refractivity contribution in [1.82, 2.24) is 4.98 Å². The van der Waals surface area contributed by atoms with E-state index in [1.165, 1.54) is 12.7 Å². The molecular weight excluding hydrogens is 194 g/mol. The third-order valence-corrected chi connectivity index (χ3v) is 2.13. The van der Waals surface area contributed by atoms with Crippen molar-refractivity contribution in [3.63, 3.8) is 0 Å². The molecule has 0 radical (unpaired) electrons. The molecule has 0 atom stereocenters. The van der Waals surface area contributed by atoms with Crippen LogP contribution in [-0.2, 0) is 9.47 Å². The molecule has 0 N–H and O–H groups in total. The molecule has 0 saturated carbocycles. The van der Waals surface area contributed by atoms with Gasteiger partial charge >= 0.3 is 5.97 Å². The quantitative estimate of drug-likeness (QED) is 0.682. The van der Waals surface area contributed by atoms with Gasteiger partial charge in [-0.25, -0.2) is 9.78 Å². The van der Waals surface area contributed by atoms with Gasteiger partial charge in [0.2, 0.25) is 0 Å². The summed E-state index contributed by atoms with van der Waals surface area (Å²) in [6, 6.07) is 3.49. The van der Waals surface area contributed by atoms with Gasteiger partial charge in [-0.05, 0) is 23.3 Å². The lowest BCUT2D eigenvalue weighted by Crippen LogP contribution is -2.15. The Balaban J connectivity index is 2.13. The van der Waals surface area contributed by atoms with E-state index in [4.69, 9.17) is 4.74 Å². The average Bonchev–Trinajstić information content (AvgIpc) is 2.23. The minimum Gasteiger partial charge on any atom is -0.464 e. The second kappa shape index (κ2) is 4.23. The number of aromatic nitrogens is 1. The summed E-state index contributed by atoms with van der Waals surface area (Å²) in [4.78, 5) is 15.1. The number of hydrogen-bond acceptors (Lipinski definition) is 4. The zero-order valence-corrected chi connectivity index (χ0v) is 8.40. The normalized spacial score (nSPS) is 14.3. The highest BCUT2D eigenvalue weighted by Crippen LogP contribution is 2.13. The van der Waals surface area contributed by atoms with E-state index >= 15 is 0 Å². The number of ether oxygens (including phenoxy) is 2. The molecule has 1 aromatic rings. The molecule has 1 aliphatic rings. The number of nitrogens with zero attached hydrogens (tertiary/aromatic N) is 1. The number of hydrogen-bond donors (Lipinski definition) is 0. The van der Waals surface area contributed by atoms with Crippen LogP contribution in [0.1, 0.15) is 16.1 Å². The first kappa shape index (κ1) is 9.86. The van der Waals surface area contributed by atoms with E-state index in [2.05, 4.69) is 9.72 Å². The Morgan fingerprint density at radius 1 is 1.53 bits per heavy atom. The molecular formula is C11H11NO3. The average molecular weight is 205 g/mol. The first-order valence-corrected chi connectivity index (χ1v) is 4.61. The van der Waals surface area contributed by atoms with Crippen LogP contribution in [0, 0.1) is 0 Å². The number of rotatable bonds is 2. The maximum Gasteiger partial charge on any atom is 0.356 e. The number of methoxy groups -OCH3 is 1. The topological polar surface area (TPSA) is 48.4 Å². The Morgan fingerprint density at radius 3 is 2.80 bits per heavy atom. The SMILES string of the molecule is COC(=O)c1ccc(C=C2COC2)cn1. The maximum absolute atomic E-state index is 11.1. The lowest BCUT2D eigenvalue weighted by molar-refractivity contribution is 0.0594. The van der Waals surface area contributed by atoms with Crippen molar-refractivity contribution >= 4 is 12.0 Å². The molecule has 0 amide bonds.